The van der Waals surface area contributed by atoms with Gasteiger partial charge in [0.2, 0.25) is 11.8 Å². The number of benzene rings is 1. The number of fused-ring (bicyclic) bond motifs is 1. The number of carbonyl (C=O) groups is 2. The predicted molar refractivity (Wildman–Crippen MR) is 127 cm³/mol. The van der Waals surface area contributed by atoms with Crippen molar-refractivity contribution in [3.05, 3.63) is 70.7 Å². The van der Waals surface area contributed by atoms with Crippen LogP contribution in [0.1, 0.15) is 43.3 Å². The average molecular weight is 466 g/mol. The van der Waals surface area contributed by atoms with Crippen molar-refractivity contribution in [2.45, 2.75) is 38.9 Å². The monoisotopic (exact) mass is 465 g/mol. The summed E-state index contributed by atoms with van der Waals surface area (Å²) in [4.78, 5) is 26.4. The number of hydrogen-bond acceptors (Lipinski definition) is 6. The maximum Gasteiger partial charge on any atom is 0.233 e. The molecule has 1 saturated heterocycles. The van der Waals surface area contributed by atoms with Gasteiger partial charge in [0.15, 0.2) is 0 Å². The zero-order valence-electron chi connectivity index (χ0n) is 19.5. The van der Waals surface area contributed by atoms with Crippen LogP contribution < -0.4 is 0 Å². The lowest BCUT2D eigenvalue weighted by Gasteiger charge is -2.35. The lowest BCUT2D eigenvalue weighted by molar-refractivity contribution is -0.138. The van der Waals surface area contributed by atoms with Crippen molar-refractivity contribution in [1.82, 2.24) is 4.90 Å². The third kappa shape index (κ3) is 4.51. The molecule has 0 bridgehead atoms. The summed E-state index contributed by atoms with van der Waals surface area (Å²) in [5.41, 5.74) is 3.49. The number of aliphatic hydroxyl groups excluding tert-OH is 3. The zero-order valence-corrected chi connectivity index (χ0v) is 19.5. The van der Waals surface area contributed by atoms with Crippen LogP contribution in [0, 0.1) is 17.8 Å². The first-order chi connectivity index (χ1) is 16.3. The van der Waals surface area contributed by atoms with Gasteiger partial charge < -0.3 is 19.7 Å². The molecule has 2 heterocycles. The van der Waals surface area contributed by atoms with E-state index in [0.29, 0.717) is 36.4 Å². The minimum Gasteiger partial charge on any atom is -0.459 e. The summed E-state index contributed by atoms with van der Waals surface area (Å²) in [7, 11) is 1.48. The third-order valence-electron chi connectivity index (χ3n) is 7.09. The Labute approximate surface area is 199 Å². The number of furan rings is 1. The number of imide groups is 1. The molecule has 7 heteroatoms. The highest BCUT2D eigenvalue weighted by atomic mass is 16.4. The number of aliphatic hydroxyl groups is 3. The highest BCUT2D eigenvalue weighted by molar-refractivity contribution is 6.05. The van der Waals surface area contributed by atoms with Crippen molar-refractivity contribution in [1.29, 1.82) is 0 Å². The maximum atomic E-state index is 12.7. The molecule has 1 aromatic heterocycles. The van der Waals surface area contributed by atoms with Gasteiger partial charge in [0.05, 0.1) is 24.5 Å². The molecular weight excluding hydrogens is 434 g/mol. The molecule has 0 unspecified atom stereocenters. The van der Waals surface area contributed by atoms with Crippen LogP contribution in [0.3, 0.4) is 0 Å². The van der Waals surface area contributed by atoms with Crippen molar-refractivity contribution in [2.24, 2.45) is 17.8 Å². The fourth-order valence-electron chi connectivity index (χ4n) is 5.40. The van der Waals surface area contributed by atoms with Gasteiger partial charge in [0, 0.05) is 13.0 Å². The van der Waals surface area contributed by atoms with E-state index in [-0.39, 0.29) is 25.0 Å². The molecule has 1 aromatic carbocycles. The van der Waals surface area contributed by atoms with Crippen molar-refractivity contribution >= 4 is 23.5 Å². The van der Waals surface area contributed by atoms with E-state index in [0.717, 1.165) is 21.6 Å². The fraction of sp³-hybridized carbons (Fsp3) is 0.407. The number of rotatable bonds is 8. The van der Waals surface area contributed by atoms with E-state index in [1.165, 1.54) is 7.05 Å². The van der Waals surface area contributed by atoms with Gasteiger partial charge in [-0.25, -0.2) is 0 Å². The zero-order chi connectivity index (χ0) is 24.4. The Hall–Kier alpha value is -3.00. The molecule has 2 aromatic rings. The number of nitrogens with zero attached hydrogens (tertiary/aromatic N) is 1. The van der Waals surface area contributed by atoms with Crippen LogP contribution in [0.25, 0.3) is 11.6 Å². The van der Waals surface area contributed by atoms with Gasteiger partial charge >= 0.3 is 0 Å². The second-order valence-corrected chi connectivity index (χ2v) is 9.15. The number of hydrogen-bond donors (Lipinski definition) is 3. The van der Waals surface area contributed by atoms with E-state index in [4.69, 9.17) is 4.42 Å². The Bertz CT molecular complexity index is 1120. The largest absolute Gasteiger partial charge is 0.459 e. The van der Waals surface area contributed by atoms with Gasteiger partial charge in [0.25, 0.3) is 0 Å². The summed E-state index contributed by atoms with van der Waals surface area (Å²) in [5.74, 6) is -1.08. The fourth-order valence-corrected chi connectivity index (χ4v) is 5.40. The minimum atomic E-state index is -0.858. The Morgan fingerprint density at radius 2 is 1.88 bits per heavy atom. The van der Waals surface area contributed by atoms with Crippen LogP contribution in [0.2, 0.25) is 0 Å². The molecule has 4 rings (SSSR count). The lowest BCUT2D eigenvalue weighted by Crippen LogP contribution is -2.38. The SMILES string of the molecule is CC1=C([C@H](O)CC/C(=C/c2ccc(CO)o2)c2ccccc2)[C@H](CO)[C@@H]2C(=O)N(C)C(=O)[C@@H]2C1. The van der Waals surface area contributed by atoms with Gasteiger partial charge in [-0.15, -0.1) is 0 Å². The molecule has 1 aliphatic carbocycles. The second kappa shape index (κ2) is 10.1. The van der Waals surface area contributed by atoms with Crippen LogP contribution in [0.5, 0.6) is 0 Å². The van der Waals surface area contributed by atoms with Crippen LogP contribution in [0.15, 0.2) is 58.0 Å². The summed E-state index contributed by atoms with van der Waals surface area (Å²) in [5, 5.41) is 30.7. The normalized spacial score (nSPS) is 24.1. The van der Waals surface area contributed by atoms with Crippen LogP contribution in [-0.4, -0.2) is 51.8 Å². The number of carbonyl (C=O) groups excluding carboxylic acids is 2. The van der Waals surface area contributed by atoms with Crippen molar-refractivity contribution in [3.63, 3.8) is 0 Å². The topological polar surface area (TPSA) is 111 Å². The second-order valence-electron chi connectivity index (χ2n) is 9.15. The van der Waals surface area contributed by atoms with Crippen molar-refractivity contribution in [2.75, 3.05) is 13.7 Å². The summed E-state index contributed by atoms with van der Waals surface area (Å²) in [6, 6.07) is 13.3. The van der Waals surface area contributed by atoms with E-state index in [9.17, 15) is 24.9 Å². The van der Waals surface area contributed by atoms with Gasteiger partial charge in [-0.3, -0.25) is 14.5 Å². The van der Waals surface area contributed by atoms with Gasteiger partial charge in [-0.05, 0) is 61.1 Å². The molecule has 2 amide bonds. The number of likely N-dealkylation sites (tertiary alicyclic amines) is 1. The maximum absolute atomic E-state index is 12.7. The molecule has 2 aliphatic rings. The predicted octanol–water partition coefficient (Wildman–Crippen LogP) is 3.01. The summed E-state index contributed by atoms with van der Waals surface area (Å²) < 4.78 is 5.63. The van der Waals surface area contributed by atoms with E-state index >= 15 is 0 Å². The standard InChI is InChI=1S/C27H31NO6/c1-16-12-21-25(27(33)28(2)26(21)32)22(15-30)24(16)23(31)11-8-18(17-6-4-3-5-7-17)13-19-9-10-20(14-29)34-19/h3-7,9-10,13,21-23,25,29-31H,8,11-12,14-15H2,1-2H3/b18-13-/t21-,22+,23-,25-/m1/s1. The minimum absolute atomic E-state index is 0.179. The first-order valence-corrected chi connectivity index (χ1v) is 11.6. The quantitative estimate of drug-likeness (QED) is 0.408. The summed E-state index contributed by atoms with van der Waals surface area (Å²) in [6.45, 7) is 1.40. The molecule has 0 radical (unpaired) electrons. The first-order valence-electron chi connectivity index (χ1n) is 11.6. The molecule has 3 N–H and O–H groups in total. The molecule has 0 spiro atoms. The van der Waals surface area contributed by atoms with E-state index in [1.54, 1.807) is 12.1 Å². The van der Waals surface area contributed by atoms with E-state index in [2.05, 4.69) is 0 Å². The molecule has 1 aliphatic heterocycles. The number of amides is 2. The van der Waals surface area contributed by atoms with E-state index in [1.807, 2.05) is 43.3 Å². The van der Waals surface area contributed by atoms with Gasteiger partial charge in [-0.1, -0.05) is 35.9 Å². The average Bonchev–Trinajstić information content (AvgIpc) is 3.39. The first kappa shape index (κ1) is 24.1. The summed E-state index contributed by atoms with van der Waals surface area (Å²) in [6.07, 6.45) is 2.36. The smallest absolute Gasteiger partial charge is 0.233 e. The van der Waals surface area contributed by atoms with Crippen LogP contribution >= 0.6 is 0 Å². The lowest BCUT2D eigenvalue weighted by atomic mass is 9.68. The number of allylic oxidation sites excluding steroid dienone is 2. The Balaban J connectivity index is 1.58. The van der Waals surface area contributed by atoms with Gasteiger partial charge in [0.1, 0.15) is 18.1 Å². The van der Waals surface area contributed by atoms with Crippen molar-refractivity contribution in [3.8, 4) is 0 Å². The molecule has 1 fully saturated rings. The Kier molecular flexibility index (Phi) is 7.16. The molecule has 180 valence electrons. The Morgan fingerprint density at radius 3 is 2.53 bits per heavy atom. The molecule has 0 saturated carbocycles. The molecule has 4 atom stereocenters. The van der Waals surface area contributed by atoms with Crippen molar-refractivity contribution < 1.29 is 29.3 Å². The third-order valence-corrected chi connectivity index (χ3v) is 7.09. The summed E-state index contributed by atoms with van der Waals surface area (Å²) >= 11 is 0. The molecule has 34 heavy (non-hydrogen) atoms. The van der Waals surface area contributed by atoms with Crippen LogP contribution in [0.4, 0.5) is 0 Å². The highest BCUT2D eigenvalue weighted by Crippen LogP contribution is 2.45. The van der Waals surface area contributed by atoms with E-state index < -0.39 is 23.9 Å². The molecular formula is C27H31NO6. The highest BCUT2D eigenvalue weighted by Gasteiger charge is 2.53. The van der Waals surface area contributed by atoms with Crippen LogP contribution in [-0.2, 0) is 16.2 Å². The van der Waals surface area contributed by atoms with Gasteiger partial charge in [-0.2, -0.15) is 0 Å². The Morgan fingerprint density at radius 1 is 1.15 bits per heavy atom. The molecule has 7 nitrogen and oxygen atoms in total.